The van der Waals surface area contributed by atoms with Crippen LogP contribution in [0.2, 0.25) is 0 Å². The van der Waals surface area contributed by atoms with Crippen molar-refractivity contribution in [3.05, 3.63) is 28.8 Å². The van der Waals surface area contributed by atoms with Crippen LogP contribution in [0.15, 0.2) is 11.2 Å². The van der Waals surface area contributed by atoms with Gasteiger partial charge in [-0.05, 0) is 46.1 Å². The topological polar surface area (TPSA) is 52.7 Å². The van der Waals surface area contributed by atoms with Crippen molar-refractivity contribution in [3.8, 4) is 0 Å². The summed E-state index contributed by atoms with van der Waals surface area (Å²) in [5, 5.41) is 9.52. The Labute approximate surface area is 160 Å². The molecule has 1 saturated carbocycles. The number of nitrogens with zero attached hydrogens (tertiary/aromatic N) is 4. The van der Waals surface area contributed by atoms with Gasteiger partial charge in [0.15, 0.2) is 10.9 Å². The average molecular weight is 375 g/mol. The molecule has 2 aromatic heterocycles. The summed E-state index contributed by atoms with van der Waals surface area (Å²) in [4.78, 5) is 12.8. The van der Waals surface area contributed by atoms with Gasteiger partial charge in [-0.2, -0.15) is 0 Å². The van der Waals surface area contributed by atoms with Gasteiger partial charge in [0.05, 0.1) is 5.75 Å². The predicted molar refractivity (Wildman–Crippen MR) is 106 cm³/mol. The van der Waals surface area contributed by atoms with Crippen molar-refractivity contribution >= 4 is 17.5 Å². The van der Waals surface area contributed by atoms with Gasteiger partial charge in [-0.15, -0.1) is 10.2 Å². The maximum Gasteiger partial charge on any atom is 0.191 e. The quantitative estimate of drug-likeness (QED) is 0.511. The van der Waals surface area contributed by atoms with Gasteiger partial charge in [-0.25, -0.2) is 0 Å². The third-order valence-electron chi connectivity index (χ3n) is 5.43. The van der Waals surface area contributed by atoms with Crippen molar-refractivity contribution < 1.29 is 4.79 Å². The van der Waals surface area contributed by atoms with Crippen LogP contribution in [-0.2, 0) is 6.54 Å². The van der Waals surface area contributed by atoms with E-state index in [1.807, 2.05) is 13.0 Å². The number of hydrogen-bond acceptors (Lipinski definition) is 4. The van der Waals surface area contributed by atoms with E-state index in [9.17, 15) is 4.79 Å². The molecule has 0 bridgehead atoms. The van der Waals surface area contributed by atoms with Gasteiger partial charge in [-0.1, -0.05) is 37.9 Å². The lowest BCUT2D eigenvalue weighted by Crippen LogP contribution is -2.15. The Balaban J connectivity index is 1.72. The fraction of sp³-hybridized carbons (Fsp3) is 0.650. The van der Waals surface area contributed by atoms with Crippen LogP contribution in [0.4, 0.5) is 0 Å². The van der Waals surface area contributed by atoms with Crippen LogP contribution in [0, 0.1) is 20.8 Å². The monoisotopic (exact) mass is 374 g/mol. The average Bonchev–Trinajstić information content (AvgIpc) is 3.15. The first kappa shape index (κ1) is 19.2. The maximum absolute atomic E-state index is 12.8. The molecule has 1 aliphatic carbocycles. The highest BCUT2D eigenvalue weighted by Crippen LogP contribution is 2.32. The highest BCUT2D eigenvalue weighted by molar-refractivity contribution is 7.99. The van der Waals surface area contributed by atoms with Crippen molar-refractivity contribution in [2.75, 3.05) is 5.75 Å². The summed E-state index contributed by atoms with van der Waals surface area (Å²) in [6.07, 6.45) is 7.33. The molecule has 5 nitrogen and oxygen atoms in total. The number of carbonyl (C=O) groups is 1. The molecule has 26 heavy (non-hydrogen) atoms. The first-order valence-electron chi connectivity index (χ1n) is 9.77. The SMILES string of the molecule is CCCn1c(C)cc(C(=O)CSc2nnc(C)n2C2CCCCC2)c1C. The van der Waals surface area contributed by atoms with E-state index in [2.05, 4.69) is 40.1 Å². The summed E-state index contributed by atoms with van der Waals surface area (Å²) >= 11 is 1.53. The molecule has 0 radical (unpaired) electrons. The number of rotatable bonds is 7. The molecular weight excluding hydrogens is 344 g/mol. The molecule has 0 atom stereocenters. The summed E-state index contributed by atoms with van der Waals surface area (Å²) in [5.41, 5.74) is 3.10. The minimum absolute atomic E-state index is 0.182. The highest BCUT2D eigenvalue weighted by Gasteiger charge is 2.22. The lowest BCUT2D eigenvalue weighted by atomic mass is 9.95. The van der Waals surface area contributed by atoms with Gasteiger partial charge in [0.1, 0.15) is 5.82 Å². The number of hydrogen-bond donors (Lipinski definition) is 0. The summed E-state index contributed by atoms with van der Waals surface area (Å²) < 4.78 is 4.50. The molecule has 142 valence electrons. The van der Waals surface area contributed by atoms with Crippen LogP contribution in [0.5, 0.6) is 0 Å². The van der Waals surface area contributed by atoms with E-state index in [-0.39, 0.29) is 5.78 Å². The zero-order valence-electron chi connectivity index (χ0n) is 16.4. The fourth-order valence-electron chi connectivity index (χ4n) is 4.07. The third-order valence-corrected chi connectivity index (χ3v) is 6.37. The number of Topliss-reactive ketones (excluding diaryl/α,β-unsaturated/α-hetero) is 1. The molecule has 2 heterocycles. The zero-order chi connectivity index (χ0) is 18.7. The first-order valence-corrected chi connectivity index (χ1v) is 10.8. The lowest BCUT2D eigenvalue weighted by molar-refractivity contribution is 0.102. The normalized spacial score (nSPS) is 15.5. The molecule has 2 aromatic rings. The smallest absolute Gasteiger partial charge is 0.191 e. The largest absolute Gasteiger partial charge is 0.348 e. The Morgan fingerprint density at radius 3 is 2.62 bits per heavy atom. The van der Waals surface area contributed by atoms with Gasteiger partial charge in [-0.3, -0.25) is 4.79 Å². The summed E-state index contributed by atoms with van der Waals surface area (Å²) in [6.45, 7) is 9.28. The van der Waals surface area contributed by atoms with Crippen molar-refractivity contribution in [1.82, 2.24) is 19.3 Å². The van der Waals surface area contributed by atoms with Crippen molar-refractivity contribution in [2.24, 2.45) is 0 Å². The van der Waals surface area contributed by atoms with E-state index < -0.39 is 0 Å². The third kappa shape index (κ3) is 3.90. The molecule has 0 unspecified atom stereocenters. The Bertz CT molecular complexity index is 771. The van der Waals surface area contributed by atoms with Crippen LogP contribution in [-0.4, -0.2) is 30.9 Å². The van der Waals surface area contributed by atoms with E-state index in [1.54, 1.807) is 0 Å². The van der Waals surface area contributed by atoms with E-state index in [0.717, 1.165) is 35.2 Å². The van der Waals surface area contributed by atoms with Crippen molar-refractivity contribution in [1.29, 1.82) is 0 Å². The minimum atomic E-state index is 0.182. The van der Waals surface area contributed by atoms with E-state index in [0.29, 0.717) is 11.8 Å². The Hall–Kier alpha value is -1.56. The van der Waals surface area contributed by atoms with Crippen LogP contribution in [0.1, 0.15) is 79.1 Å². The molecule has 0 spiro atoms. The predicted octanol–water partition coefficient (Wildman–Crippen LogP) is 4.90. The standard InChI is InChI=1S/C20H30N4OS/c1-5-11-23-14(2)12-18(15(23)3)19(25)13-26-20-22-21-16(4)24(20)17-9-7-6-8-10-17/h12,17H,5-11,13H2,1-4H3. The Kier molecular flexibility index (Phi) is 6.22. The molecule has 3 rings (SSSR count). The molecule has 6 heteroatoms. The van der Waals surface area contributed by atoms with Crippen LogP contribution >= 0.6 is 11.8 Å². The summed E-state index contributed by atoms with van der Waals surface area (Å²) in [5.74, 6) is 1.57. The molecule has 0 saturated heterocycles. The van der Waals surface area contributed by atoms with E-state index >= 15 is 0 Å². The van der Waals surface area contributed by atoms with E-state index in [4.69, 9.17) is 0 Å². The van der Waals surface area contributed by atoms with Gasteiger partial charge >= 0.3 is 0 Å². The van der Waals surface area contributed by atoms with Crippen LogP contribution < -0.4 is 0 Å². The number of thioether (sulfide) groups is 1. The molecule has 1 fully saturated rings. The summed E-state index contributed by atoms with van der Waals surface area (Å²) in [7, 11) is 0. The molecule has 1 aliphatic rings. The number of aryl methyl sites for hydroxylation is 2. The number of carbonyl (C=O) groups excluding carboxylic acids is 1. The summed E-state index contributed by atoms with van der Waals surface area (Å²) in [6, 6.07) is 2.52. The number of ketones is 1. The minimum Gasteiger partial charge on any atom is -0.348 e. The van der Waals surface area contributed by atoms with Gasteiger partial charge in [0.25, 0.3) is 0 Å². The Morgan fingerprint density at radius 2 is 1.92 bits per heavy atom. The van der Waals surface area contributed by atoms with Gasteiger partial charge in [0, 0.05) is 29.5 Å². The lowest BCUT2D eigenvalue weighted by Gasteiger charge is -2.24. The van der Waals surface area contributed by atoms with Crippen molar-refractivity contribution in [3.63, 3.8) is 0 Å². The molecule has 0 aromatic carbocycles. The number of aromatic nitrogens is 4. The Morgan fingerprint density at radius 1 is 1.19 bits per heavy atom. The second kappa shape index (κ2) is 8.42. The van der Waals surface area contributed by atoms with E-state index in [1.165, 1.54) is 49.6 Å². The second-order valence-electron chi connectivity index (χ2n) is 7.34. The second-order valence-corrected chi connectivity index (χ2v) is 8.28. The van der Waals surface area contributed by atoms with Gasteiger partial charge < -0.3 is 9.13 Å². The molecule has 0 N–H and O–H groups in total. The maximum atomic E-state index is 12.8. The first-order chi connectivity index (χ1) is 12.5. The van der Waals surface area contributed by atoms with Crippen LogP contribution in [0.3, 0.4) is 0 Å². The fourth-order valence-corrected chi connectivity index (χ4v) is 5.00. The molecule has 0 amide bonds. The molecule has 0 aliphatic heterocycles. The molecular formula is C20H30N4OS. The highest BCUT2D eigenvalue weighted by atomic mass is 32.2. The van der Waals surface area contributed by atoms with Crippen molar-refractivity contribution in [2.45, 2.75) is 84.0 Å². The van der Waals surface area contributed by atoms with Gasteiger partial charge in [0.2, 0.25) is 0 Å². The van der Waals surface area contributed by atoms with Crippen LogP contribution in [0.25, 0.3) is 0 Å². The zero-order valence-corrected chi connectivity index (χ0v) is 17.2.